The molecule has 28 heavy (non-hydrogen) atoms. The number of anilines is 1. The van der Waals surface area contributed by atoms with E-state index in [1.807, 2.05) is 0 Å². The number of hydrogen-bond acceptors (Lipinski definition) is 5. The predicted molar refractivity (Wildman–Crippen MR) is 119 cm³/mol. The first kappa shape index (κ1) is 21.2. The summed E-state index contributed by atoms with van der Waals surface area (Å²) < 4.78 is 2.07. The number of amides is 1. The largest absolute Gasteiger partial charge is 0.325 e. The average molecular weight is 455 g/mol. The summed E-state index contributed by atoms with van der Waals surface area (Å²) in [5, 5.41) is 15.2. The van der Waals surface area contributed by atoms with Gasteiger partial charge in [0.1, 0.15) is 0 Å². The molecule has 2 heterocycles. The molecule has 0 fully saturated rings. The summed E-state index contributed by atoms with van der Waals surface area (Å²) >= 11 is 15.0. The number of thioether (sulfide) groups is 1. The number of hydrogen-bond donors (Lipinski definition) is 1. The number of carbonyl (C=O) groups excluding carboxylic acids is 1. The molecular formula is C19H20Cl2N4OS2. The number of aromatic nitrogens is 3. The Morgan fingerprint density at radius 3 is 2.68 bits per heavy atom. The van der Waals surface area contributed by atoms with E-state index in [4.69, 9.17) is 23.2 Å². The van der Waals surface area contributed by atoms with E-state index in [0.29, 0.717) is 15.7 Å². The highest BCUT2D eigenvalue weighted by Crippen LogP contribution is 2.31. The van der Waals surface area contributed by atoms with Crippen LogP contribution in [0.1, 0.15) is 31.7 Å². The predicted octanol–water partition coefficient (Wildman–Crippen LogP) is 6.19. The molecule has 3 rings (SSSR count). The van der Waals surface area contributed by atoms with Crippen molar-refractivity contribution in [1.29, 1.82) is 0 Å². The van der Waals surface area contributed by atoms with Gasteiger partial charge in [0.25, 0.3) is 0 Å². The number of thiophene rings is 1. The van der Waals surface area contributed by atoms with Crippen LogP contribution >= 0.6 is 46.3 Å². The normalized spacial score (nSPS) is 11.2. The van der Waals surface area contributed by atoms with Crippen molar-refractivity contribution >= 4 is 57.9 Å². The van der Waals surface area contributed by atoms with Gasteiger partial charge in [-0.15, -0.1) is 21.5 Å². The lowest BCUT2D eigenvalue weighted by atomic mass is 10.2. The van der Waals surface area contributed by atoms with E-state index in [0.717, 1.165) is 23.0 Å². The molecule has 2 aromatic heterocycles. The van der Waals surface area contributed by atoms with E-state index in [2.05, 4.69) is 52.3 Å². The van der Waals surface area contributed by atoms with Crippen molar-refractivity contribution in [2.45, 2.75) is 38.4 Å². The fraction of sp³-hybridized carbons (Fsp3) is 0.316. The Kier molecular flexibility index (Phi) is 7.04. The van der Waals surface area contributed by atoms with Crippen molar-refractivity contribution in [3.8, 4) is 11.4 Å². The van der Waals surface area contributed by atoms with Crippen LogP contribution < -0.4 is 5.32 Å². The van der Waals surface area contributed by atoms with Gasteiger partial charge in [-0.3, -0.25) is 9.36 Å². The minimum absolute atomic E-state index is 0.146. The maximum atomic E-state index is 12.3. The molecule has 148 valence electrons. The zero-order valence-electron chi connectivity index (χ0n) is 15.7. The molecule has 3 aromatic rings. The van der Waals surface area contributed by atoms with Gasteiger partial charge < -0.3 is 5.32 Å². The Bertz CT molecular complexity index is 984. The number of halogens is 2. The third kappa shape index (κ3) is 4.89. The highest BCUT2D eigenvalue weighted by atomic mass is 35.5. The monoisotopic (exact) mass is 454 g/mol. The zero-order valence-corrected chi connectivity index (χ0v) is 18.8. The molecule has 0 atom stereocenters. The Labute approximate surface area is 182 Å². The molecule has 0 bridgehead atoms. The number of nitrogens with one attached hydrogen (secondary N) is 1. The summed E-state index contributed by atoms with van der Waals surface area (Å²) in [6, 6.07) is 7.32. The van der Waals surface area contributed by atoms with Crippen LogP contribution in [0.15, 0.2) is 34.8 Å². The lowest BCUT2D eigenvalue weighted by molar-refractivity contribution is -0.113. The van der Waals surface area contributed by atoms with Gasteiger partial charge in [-0.1, -0.05) is 41.9 Å². The van der Waals surface area contributed by atoms with Crippen molar-refractivity contribution in [2.24, 2.45) is 0 Å². The molecule has 0 aliphatic carbocycles. The molecule has 0 unspecified atom stereocenters. The fourth-order valence-electron chi connectivity index (χ4n) is 2.62. The van der Waals surface area contributed by atoms with Gasteiger partial charge in [-0.05, 0) is 44.5 Å². The van der Waals surface area contributed by atoms with Gasteiger partial charge in [0, 0.05) is 27.5 Å². The second-order valence-corrected chi connectivity index (χ2v) is 9.14. The van der Waals surface area contributed by atoms with Gasteiger partial charge in [-0.2, -0.15) is 0 Å². The van der Waals surface area contributed by atoms with Crippen LogP contribution in [-0.2, 0) is 11.2 Å². The first-order valence-electron chi connectivity index (χ1n) is 8.79. The number of rotatable bonds is 7. The van der Waals surface area contributed by atoms with E-state index in [-0.39, 0.29) is 17.7 Å². The van der Waals surface area contributed by atoms with Crippen LogP contribution in [-0.4, -0.2) is 26.4 Å². The van der Waals surface area contributed by atoms with E-state index in [1.165, 1.54) is 16.6 Å². The third-order valence-electron chi connectivity index (χ3n) is 3.98. The number of benzene rings is 1. The minimum atomic E-state index is -0.146. The Balaban J connectivity index is 1.71. The Morgan fingerprint density at radius 1 is 1.25 bits per heavy atom. The summed E-state index contributed by atoms with van der Waals surface area (Å²) in [5.41, 5.74) is 1.67. The summed E-state index contributed by atoms with van der Waals surface area (Å²) in [6.45, 7) is 6.30. The topological polar surface area (TPSA) is 59.8 Å². The molecule has 1 N–H and O–H groups in total. The van der Waals surface area contributed by atoms with Gasteiger partial charge in [0.2, 0.25) is 5.91 Å². The van der Waals surface area contributed by atoms with Crippen molar-refractivity contribution in [3.05, 3.63) is 44.6 Å². The van der Waals surface area contributed by atoms with Crippen LogP contribution in [0.25, 0.3) is 11.4 Å². The van der Waals surface area contributed by atoms with Crippen LogP contribution in [0, 0.1) is 0 Å². The van der Waals surface area contributed by atoms with Crippen LogP contribution in [0.2, 0.25) is 10.0 Å². The molecule has 0 aliphatic rings. The summed E-state index contributed by atoms with van der Waals surface area (Å²) in [5.74, 6) is 0.903. The van der Waals surface area contributed by atoms with E-state index in [9.17, 15) is 4.79 Å². The lowest BCUT2D eigenvalue weighted by Gasteiger charge is -2.13. The Hall–Kier alpha value is -1.54. The molecule has 0 saturated carbocycles. The number of aryl methyl sites for hydroxylation is 1. The molecule has 1 amide bonds. The molecule has 1 aromatic carbocycles. The average Bonchev–Trinajstić information content (AvgIpc) is 3.29. The Morgan fingerprint density at radius 2 is 2.04 bits per heavy atom. The molecule has 0 radical (unpaired) electrons. The zero-order chi connectivity index (χ0) is 20.3. The second-order valence-electron chi connectivity index (χ2n) is 6.39. The summed E-state index contributed by atoms with van der Waals surface area (Å²) in [6.07, 6.45) is 0.997. The standard InChI is InChI=1S/C19H20Cl2N4OS2/c1-4-14-7-12(9-27-14)18-23-24-19(25(18)11(2)3)28-10-17(26)22-13-5-6-15(20)16(21)8-13/h5-9,11H,4,10H2,1-3H3,(H,22,26). The molecule has 0 aliphatic heterocycles. The summed E-state index contributed by atoms with van der Waals surface area (Å²) in [4.78, 5) is 13.6. The maximum absolute atomic E-state index is 12.3. The lowest BCUT2D eigenvalue weighted by Crippen LogP contribution is -2.15. The van der Waals surface area contributed by atoms with Crippen molar-refractivity contribution in [3.63, 3.8) is 0 Å². The second kappa shape index (κ2) is 9.31. The molecule has 0 spiro atoms. The molecule has 9 heteroatoms. The first-order chi connectivity index (χ1) is 13.4. The van der Waals surface area contributed by atoms with Crippen LogP contribution in [0.5, 0.6) is 0 Å². The van der Waals surface area contributed by atoms with Gasteiger partial charge in [0.05, 0.1) is 15.8 Å². The van der Waals surface area contributed by atoms with E-state index in [1.54, 1.807) is 29.5 Å². The van der Waals surface area contributed by atoms with E-state index < -0.39 is 0 Å². The van der Waals surface area contributed by atoms with Crippen LogP contribution in [0.3, 0.4) is 0 Å². The molecule has 5 nitrogen and oxygen atoms in total. The first-order valence-corrected chi connectivity index (χ1v) is 11.4. The summed E-state index contributed by atoms with van der Waals surface area (Å²) in [7, 11) is 0. The molecule has 0 saturated heterocycles. The van der Waals surface area contributed by atoms with E-state index >= 15 is 0 Å². The van der Waals surface area contributed by atoms with Gasteiger partial charge in [0.15, 0.2) is 11.0 Å². The number of carbonyl (C=O) groups is 1. The number of nitrogens with zero attached hydrogens (tertiary/aromatic N) is 3. The SMILES string of the molecule is CCc1cc(-c2nnc(SCC(=O)Nc3ccc(Cl)c(Cl)c3)n2C(C)C)cs1. The fourth-order valence-corrected chi connectivity index (χ4v) is 4.60. The van der Waals surface area contributed by atoms with Gasteiger partial charge >= 0.3 is 0 Å². The highest BCUT2D eigenvalue weighted by Gasteiger charge is 2.19. The van der Waals surface area contributed by atoms with Crippen molar-refractivity contribution < 1.29 is 4.79 Å². The molecular weight excluding hydrogens is 435 g/mol. The van der Waals surface area contributed by atoms with Crippen LogP contribution in [0.4, 0.5) is 5.69 Å². The maximum Gasteiger partial charge on any atom is 0.234 e. The van der Waals surface area contributed by atoms with Crippen molar-refractivity contribution in [1.82, 2.24) is 14.8 Å². The highest BCUT2D eigenvalue weighted by molar-refractivity contribution is 7.99. The van der Waals surface area contributed by atoms with Gasteiger partial charge in [-0.25, -0.2) is 0 Å². The smallest absolute Gasteiger partial charge is 0.234 e. The minimum Gasteiger partial charge on any atom is -0.325 e. The quantitative estimate of drug-likeness (QED) is 0.432. The third-order valence-corrected chi connectivity index (χ3v) is 6.74. The van der Waals surface area contributed by atoms with Crippen molar-refractivity contribution in [2.75, 3.05) is 11.1 Å².